The number of carbonyl (C=O) groups is 1. The van der Waals surface area contributed by atoms with Crippen LogP contribution in [0.3, 0.4) is 0 Å². The number of nitrogens with one attached hydrogen (secondary N) is 3. The monoisotopic (exact) mass is 453 g/mol. The maximum atomic E-state index is 13.0. The molecule has 2 unspecified atom stereocenters. The van der Waals surface area contributed by atoms with E-state index in [1.807, 2.05) is 53.2 Å². The van der Waals surface area contributed by atoms with Crippen molar-refractivity contribution >= 4 is 24.3 Å². The van der Waals surface area contributed by atoms with Gasteiger partial charge >= 0.3 is 6.03 Å². The van der Waals surface area contributed by atoms with Gasteiger partial charge in [-0.1, -0.05) is 30.3 Å². The highest BCUT2D eigenvalue weighted by molar-refractivity contribution is 5.90. The van der Waals surface area contributed by atoms with Crippen LogP contribution in [-0.2, 0) is 12.8 Å². The molecule has 3 N–H and O–H groups in total. The smallest absolute Gasteiger partial charge is 0.320 e. The highest BCUT2D eigenvalue weighted by Gasteiger charge is 2.31. The Balaban J connectivity index is 0.00000245. The molecule has 2 aliphatic rings. The lowest BCUT2D eigenvalue weighted by Gasteiger charge is -2.21. The molecule has 2 amide bonds. The quantitative estimate of drug-likeness (QED) is 0.550. The van der Waals surface area contributed by atoms with E-state index in [0.717, 1.165) is 66.4 Å². The lowest BCUT2D eigenvalue weighted by molar-refractivity contribution is 0.248. The number of ether oxygens (including phenoxy) is 1. The summed E-state index contributed by atoms with van der Waals surface area (Å²) in [5, 5.41) is 14.5. The van der Waals surface area contributed by atoms with Crippen LogP contribution in [0.1, 0.15) is 29.2 Å². The Morgan fingerprint density at radius 2 is 1.97 bits per heavy atom. The zero-order valence-electron chi connectivity index (χ0n) is 18.0. The Labute approximate surface area is 194 Å². The van der Waals surface area contributed by atoms with Gasteiger partial charge in [-0.25, -0.2) is 9.48 Å². The molecule has 2 atom stereocenters. The summed E-state index contributed by atoms with van der Waals surface area (Å²) in [6.45, 7) is 1.54. The van der Waals surface area contributed by atoms with Gasteiger partial charge in [0.15, 0.2) is 0 Å². The van der Waals surface area contributed by atoms with Crippen LogP contribution >= 0.6 is 12.4 Å². The molecule has 0 bridgehead atoms. The molecule has 32 heavy (non-hydrogen) atoms. The van der Waals surface area contributed by atoms with Crippen molar-refractivity contribution in [1.82, 2.24) is 20.4 Å². The molecule has 1 fully saturated rings. The molecule has 0 spiro atoms. The third-order valence-corrected chi connectivity index (χ3v) is 6.19. The maximum Gasteiger partial charge on any atom is 0.320 e. The van der Waals surface area contributed by atoms with E-state index in [2.05, 4.69) is 22.0 Å². The Morgan fingerprint density at radius 3 is 2.78 bits per heavy atom. The highest BCUT2D eigenvalue weighted by Crippen LogP contribution is 2.31. The van der Waals surface area contributed by atoms with E-state index in [1.165, 1.54) is 0 Å². The first-order chi connectivity index (χ1) is 15.2. The Hall–Kier alpha value is -3.03. The zero-order chi connectivity index (χ0) is 21.2. The summed E-state index contributed by atoms with van der Waals surface area (Å²) in [5.74, 6) is 1.79. The van der Waals surface area contributed by atoms with E-state index in [4.69, 9.17) is 9.84 Å². The first kappa shape index (κ1) is 22.2. The van der Waals surface area contributed by atoms with Crippen molar-refractivity contribution < 1.29 is 9.53 Å². The summed E-state index contributed by atoms with van der Waals surface area (Å²) in [6, 6.07) is 17.8. The molecule has 2 aromatic carbocycles. The van der Waals surface area contributed by atoms with Crippen LogP contribution in [-0.4, -0.2) is 42.1 Å². The molecule has 168 valence electrons. The number of hydrogen-bond donors (Lipinski definition) is 3. The Bertz CT molecular complexity index is 1090. The normalized spacial score (nSPS) is 19.2. The van der Waals surface area contributed by atoms with E-state index < -0.39 is 0 Å². The van der Waals surface area contributed by atoms with Gasteiger partial charge in [0.2, 0.25) is 0 Å². The standard InChI is InChI=1S/C24H27N5O2.ClH/c1-31-18-10-5-7-16(13-18)20-14-25-15-22(20)26-24(30)27-23-19-11-6-12-21(19)28-29(23)17-8-3-2-4-9-17;/h2-5,7-10,13,20,22,25H,6,11-12,14-15H2,1H3,(H2,26,27,30);1H. The number of carbonyl (C=O) groups excluding carboxylic acids is 1. The van der Waals surface area contributed by atoms with Crippen LogP contribution in [0.25, 0.3) is 5.69 Å². The predicted octanol–water partition coefficient (Wildman–Crippen LogP) is 3.67. The SMILES string of the molecule is COc1cccc(C2CNCC2NC(=O)Nc2c3c(nn2-c2ccccc2)CCC3)c1.Cl. The number of fused-ring (bicyclic) bond motifs is 1. The van der Waals surface area contributed by atoms with Gasteiger partial charge in [0.1, 0.15) is 11.6 Å². The van der Waals surface area contributed by atoms with E-state index in [1.54, 1.807) is 7.11 Å². The third-order valence-electron chi connectivity index (χ3n) is 6.19. The lowest BCUT2D eigenvalue weighted by atomic mass is 9.94. The second-order valence-electron chi connectivity index (χ2n) is 8.12. The fourth-order valence-electron chi connectivity index (χ4n) is 4.64. The second kappa shape index (κ2) is 9.63. The summed E-state index contributed by atoms with van der Waals surface area (Å²) in [5.41, 5.74) is 4.33. The highest BCUT2D eigenvalue weighted by atomic mass is 35.5. The third kappa shape index (κ3) is 4.31. The van der Waals surface area contributed by atoms with Crippen LogP contribution in [0.4, 0.5) is 10.6 Å². The van der Waals surface area contributed by atoms with Gasteiger partial charge in [0.25, 0.3) is 0 Å². The fraction of sp³-hybridized carbons (Fsp3) is 0.333. The Kier molecular flexibility index (Phi) is 6.67. The fourth-order valence-corrected chi connectivity index (χ4v) is 4.64. The maximum absolute atomic E-state index is 13.0. The number of nitrogens with zero attached hydrogens (tertiary/aromatic N) is 2. The van der Waals surface area contributed by atoms with Gasteiger partial charge < -0.3 is 15.4 Å². The summed E-state index contributed by atoms with van der Waals surface area (Å²) < 4.78 is 7.23. The van der Waals surface area contributed by atoms with Gasteiger partial charge in [-0.2, -0.15) is 5.10 Å². The number of aryl methyl sites for hydroxylation is 1. The molecular formula is C24H28ClN5O2. The van der Waals surface area contributed by atoms with E-state index >= 15 is 0 Å². The number of benzene rings is 2. The number of aromatic nitrogens is 2. The minimum atomic E-state index is -0.201. The van der Waals surface area contributed by atoms with Crippen molar-refractivity contribution in [3.8, 4) is 11.4 Å². The lowest BCUT2D eigenvalue weighted by Crippen LogP contribution is -2.42. The molecule has 1 aliphatic carbocycles. The van der Waals surface area contributed by atoms with E-state index in [0.29, 0.717) is 0 Å². The van der Waals surface area contributed by atoms with Crippen LogP contribution in [0.2, 0.25) is 0 Å². The van der Waals surface area contributed by atoms with Crippen molar-refractivity contribution in [3.05, 3.63) is 71.4 Å². The van der Waals surface area contributed by atoms with Gasteiger partial charge in [0, 0.05) is 24.6 Å². The van der Waals surface area contributed by atoms with Gasteiger partial charge in [-0.15, -0.1) is 12.4 Å². The summed E-state index contributed by atoms with van der Waals surface area (Å²) in [7, 11) is 1.67. The number of hydrogen-bond acceptors (Lipinski definition) is 4. The van der Waals surface area contributed by atoms with Crippen molar-refractivity contribution in [3.63, 3.8) is 0 Å². The molecule has 8 heteroatoms. The second-order valence-corrected chi connectivity index (χ2v) is 8.12. The van der Waals surface area contributed by atoms with Crippen LogP contribution in [0.5, 0.6) is 5.75 Å². The van der Waals surface area contributed by atoms with Crippen LogP contribution in [0.15, 0.2) is 54.6 Å². The molecule has 7 nitrogen and oxygen atoms in total. The molecule has 1 aliphatic heterocycles. The number of para-hydroxylation sites is 1. The molecule has 2 heterocycles. The number of rotatable bonds is 5. The topological polar surface area (TPSA) is 80.2 Å². The first-order valence-corrected chi connectivity index (χ1v) is 10.8. The molecule has 0 radical (unpaired) electrons. The molecule has 1 saturated heterocycles. The van der Waals surface area contributed by atoms with Crippen LogP contribution < -0.4 is 20.7 Å². The summed E-state index contributed by atoms with van der Waals surface area (Å²) >= 11 is 0. The van der Waals surface area contributed by atoms with Crippen molar-refractivity contribution in [1.29, 1.82) is 0 Å². The number of anilines is 1. The average Bonchev–Trinajstić information content (AvgIpc) is 3.52. The minimum absolute atomic E-state index is 0. The number of methoxy groups -OCH3 is 1. The predicted molar refractivity (Wildman–Crippen MR) is 127 cm³/mol. The molecular weight excluding hydrogens is 426 g/mol. The van der Waals surface area contributed by atoms with E-state index in [-0.39, 0.29) is 30.4 Å². The zero-order valence-corrected chi connectivity index (χ0v) is 18.8. The van der Waals surface area contributed by atoms with Crippen molar-refractivity contribution in [2.75, 3.05) is 25.5 Å². The summed E-state index contributed by atoms with van der Waals surface area (Å²) in [6.07, 6.45) is 2.97. The van der Waals surface area contributed by atoms with E-state index in [9.17, 15) is 4.79 Å². The first-order valence-electron chi connectivity index (χ1n) is 10.8. The largest absolute Gasteiger partial charge is 0.497 e. The molecule has 3 aromatic rings. The van der Waals surface area contributed by atoms with Gasteiger partial charge in [-0.05, 0) is 49.1 Å². The molecule has 0 saturated carbocycles. The van der Waals surface area contributed by atoms with Gasteiger partial charge in [0.05, 0.1) is 24.5 Å². The minimum Gasteiger partial charge on any atom is -0.497 e. The Morgan fingerprint density at radius 1 is 1.12 bits per heavy atom. The van der Waals surface area contributed by atoms with Crippen molar-refractivity contribution in [2.45, 2.75) is 31.2 Å². The summed E-state index contributed by atoms with van der Waals surface area (Å²) in [4.78, 5) is 13.0. The molecule has 5 rings (SSSR count). The number of halogens is 1. The van der Waals surface area contributed by atoms with Gasteiger partial charge in [-0.3, -0.25) is 5.32 Å². The average molecular weight is 454 g/mol. The molecule has 1 aromatic heterocycles. The van der Waals surface area contributed by atoms with Crippen LogP contribution in [0, 0.1) is 0 Å². The van der Waals surface area contributed by atoms with Crippen molar-refractivity contribution in [2.24, 2.45) is 0 Å². The number of amides is 2. The number of urea groups is 1.